The lowest BCUT2D eigenvalue weighted by Crippen LogP contribution is -2.16. The lowest BCUT2D eigenvalue weighted by molar-refractivity contribution is 0.583. The molecule has 2 N–H and O–H groups in total. The van der Waals surface area contributed by atoms with Crippen LogP contribution in [0.2, 0.25) is 0 Å². The maximum atomic E-state index is 12.0. The quantitative estimate of drug-likeness (QED) is 0.895. The Labute approximate surface area is 109 Å². The highest BCUT2D eigenvalue weighted by Crippen LogP contribution is 2.23. The summed E-state index contributed by atoms with van der Waals surface area (Å²) in [6.07, 6.45) is 0. The molecule has 2 heterocycles. The lowest BCUT2D eigenvalue weighted by atomic mass is 10.6. The molecular weight excluding hydrogens is 274 g/mol. The lowest BCUT2D eigenvalue weighted by Gasteiger charge is -2.04. The third kappa shape index (κ3) is 1.99. The third-order valence-corrected chi connectivity index (χ3v) is 5.36. The molecule has 0 aliphatic rings. The van der Waals surface area contributed by atoms with Gasteiger partial charge in [0.05, 0.1) is 10.9 Å². The van der Waals surface area contributed by atoms with Gasteiger partial charge in [-0.2, -0.15) is 4.68 Å². The molecular formula is C9H13N5O2S2. The SMILES string of the molecule is Cc1csc(-n2nnc(S(=O)(=O)C(C)C)c2N)n1. The molecule has 2 rings (SSSR count). The van der Waals surface area contributed by atoms with E-state index in [0.717, 1.165) is 5.69 Å². The molecule has 0 bridgehead atoms. The minimum atomic E-state index is -3.53. The molecule has 2 aromatic heterocycles. The van der Waals surface area contributed by atoms with Crippen molar-refractivity contribution in [3.05, 3.63) is 11.1 Å². The highest BCUT2D eigenvalue weighted by atomic mass is 32.2. The summed E-state index contributed by atoms with van der Waals surface area (Å²) in [5.74, 6) is -0.00181. The van der Waals surface area contributed by atoms with E-state index in [1.165, 1.54) is 16.0 Å². The van der Waals surface area contributed by atoms with Crippen LogP contribution in [0.4, 0.5) is 5.82 Å². The zero-order valence-corrected chi connectivity index (χ0v) is 11.8. The van der Waals surface area contributed by atoms with Crippen molar-refractivity contribution >= 4 is 27.0 Å². The van der Waals surface area contributed by atoms with Gasteiger partial charge in [-0.1, -0.05) is 5.21 Å². The standard InChI is InChI=1S/C9H13N5O2S2/c1-5(2)18(15,16)8-7(10)14(13-12-8)9-11-6(3)4-17-9/h4-5H,10H2,1-3H3. The minimum absolute atomic E-state index is 0.00181. The van der Waals surface area contributed by atoms with E-state index in [9.17, 15) is 8.42 Å². The Bertz CT molecular complexity index is 671. The number of hydrogen-bond donors (Lipinski definition) is 1. The molecule has 7 nitrogen and oxygen atoms in total. The molecule has 0 amide bonds. The van der Waals surface area contributed by atoms with E-state index >= 15 is 0 Å². The van der Waals surface area contributed by atoms with Gasteiger partial charge >= 0.3 is 0 Å². The molecule has 0 spiro atoms. The van der Waals surface area contributed by atoms with Gasteiger partial charge in [-0.25, -0.2) is 13.4 Å². The second kappa shape index (κ2) is 4.32. The molecule has 0 radical (unpaired) electrons. The summed E-state index contributed by atoms with van der Waals surface area (Å²) in [5, 5.41) is 8.96. The number of sulfone groups is 1. The highest BCUT2D eigenvalue weighted by Gasteiger charge is 2.28. The normalized spacial score (nSPS) is 12.2. The Morgan fingerprint density at radius 2 is 2.11 bits per heavy atom. The molecule has 0 unspecified atom stereocenters. The molecule has 18 heavy (non-hydrogen) atoms. The number of thiazole rings is 1. The van der Waals surface area contributed by atoms with E-state index in [-0.39, 0.29) is 10.8 Å². The van der Waals surface area contributed by atoms with Crippen LogP contribution in [0.3, 0.4) is 0 Å². The van der Waals surface area contributed by atoms with Crippen LogP contribution in [0.15, 0.2) is 10.4 Å². The van der Waals surface area contributed by atoms with Crippen molar-refractivity contribution in [1.82, 2.24) is 20.0 Å². The van der Waals surface area contributed by atoms with E-state index in [2.05, 4.69) is 15.3 Å². The van der Waals surface area contributed by atoms with Crippen molar-refractivity contribution in [3.8, 4) is 5.13 Å². The van der Waals surface area contributed by atoms with Gasteiger partial charge in [0.2, 0.25) is 20.0 Å². The first-order valence-corrected chi connectivity index (χ1v) is 7.64. The van der Waals surface area contributed by atoms with Crippen LogP contribution in [0.5, 0.6) is 0 Å². The number of nitrogen functional groups attached to an aromatic ring is 1. The molecule has 0 saturated heterocycles. The Morgan fingerprint density at radius 3 is 2.61 bits per heavy atom. The predicted molar refractivity (Wildman–Crippen MR) is 68.5 cm³/mol. The second-order valence-electron chi connectivity index (χ2n) is 4.06. The van der Waals surface area contributed by atoms with Crippen molar-refractivity contribution in [2.45, 2.75) is 31.0 Å². The smallest absolute Gasteiger partial charge is 0.221 e. The van der Waals surface area contributed by atoms with Gasteiger partial charge in [-0.15, -0.1) is 16.4 Å². The average Bonchev–Trinajstić information content (AvgIpc) is 2.84. The maximum Gasteiger partial charge on any atom is 0.221 e. The second-order valence-corrected chi connectivity index (χ2v) is 7.31. The Morgan fingerprint density at radius 1 is 1.44 bits per heavy atom. The topological polar surface area (TPSA) is 104 Å². The zero-order valence-electron chi connectivity index (χ0n) is 10.2. The Hall–Kier alpha value is -1.48. The number of rotatable bonds is 3. The summed E-state index contributed by atoms with van der Waals surface area (Å²) in [6.45, 7) is 4.97. The van der Waals surface area contributed by atoms with Crippen LogP contribution in [-0.2, 0) is 9.84 Å². The first kappa shape index (κ1) is 13.0. The summed E-state index contributed by atoms with van der Waals surface area (Å²) in [7, 11) is -3.53. The molecule has 0 aliphatic heterocycles. The van der Waals surface area contributed by atoms with Gasteiger partial charge in [0.15, 0.2) is 5.82 Å². The molecule has 0 atom stereocenters. The van der Waals surface area contributed by atoms with Crippen LogP contribution < -0.4 is 5.73 Å². The first-order valence-electron chi connectivity index (χ1n) is 5.21. The van der Waals surface area contributed by atoms with E-state index in [4.69, 9.17) is 5.73 Å². The van der Waals surface area contributed by atoms with Gasteiger partial charge in [0, 0.05) is 5.38 Å². The van der Waals surface area contributed by atoms with Crippen molar-refractivity contribution < 1.29 is 8.42 Å². The van der Waals surface area contributed by atoms with Crippen LogP contribution in [0.1, 0.15) is 19.5 Å². The number of anilines is 1. The minimum Gasteiger partial charge on any atom is -0.381 e. The maximum absolute atomic E-state index is 12.0. The molecule has 0 fully saturated rings. The number of hydrogen-bond acceptors (Lipinski definition) is 7. The summed E-state index contributed by atoms with van der Waals surface area (Å²) >= 11 is 1.32. The summed E-state index contributed by atoms with van der Waals surface area (Å²) in [6, 6.07) is 0. The Kier molecular flexibility index (Phi) is 3.11. The molecule has 0 saturated carbocycles. The van der Waals surface area contributed by atoms with Gasteiger partial charge in [0.1, 0.15) is 0 Å². The molecule has 98 valence electrons. The summed E-state index contributed by atoms with van der Waals surface area (Å²) in [5.41, 5.74) is 6.61. The summed E-state index contributed by atoms with van der Waals surface area (Å²) in [4.78, 5) is 4.19. The molecule has 9 heteroatoms. The molecule has 0 aromatic carbocycles. The predicted octanol–water partition coefficient (Wildman–Crippen LogP) is 0.797. The fraction of sp³-hybridized carbons (Fsp3) is 0.444. The van der Waals surface area contributed by atoms with Gasteiger partial charge in [-0.3, -0.25) is 0 Å². The van der Waals surface area contributed by atoms with Gasteiger partial charge < -0.3 is 5.73 Å². The van der Waals surface area contributed by atoms with Crippen molar-refractivity contribution in [3.63, 3.8) is 0 Å². The van der Waals surface area contributed by atoms with Gasteiger partial charge in [0.25, 0.3) is 0 Å². The van der Waals surface area contributed by atoms with E-state index in [0.29, 0.717) is 5.13 Å². The number of nitrogens with two attached hydrogens (primary N) is 1. The first-order chi connectivity index (χ1) is 8.34. The fourth-order valence-corrected chi connectivity index (χ4v) is 3.02. The van der Waals surface area contributed by atoms with E-state index in [1.807, 2.05) is 12.3 Å². The highest BCUT2D eigenvalue weighted by molar-refractivity contribution is 7.92. The molecule has 2 aromatic rings. The third-order valence-electron chi connectivity index (χ3n) is 2.35. The van der Waals surface area contributed by atoms with Crippen LogP contribution >= 0.6 is 11.3 Å². The van der Waals surface area contributed by atoms with Gasteiger partial charge in [-0.05, 0) is 20.8 Å². The van der Waals surface area contributed by atoms with E-state index in [1.54, 1.807) is 13.8 Å². The summed E-state index contributed by atoms with van der Waals surface area (Å²) < 4.78 is 25.2. The van der Waals surface area contributed by atoms with Crippen LogP contribution in [0, 0.1) is 6.92 Å². The largest absolute Gasteiger partial charge is 0.381 e. The Balaban J connectivity index is 2.54. The zero-order chi connectivity index (χ0) is 13.5. The number of nitrogens with zero attached hydrogens (tertiary/aromatic N) is 4. The van der Waals surface area contributed by atoms with Crippen LogP contribution in [0.25, 0.3) is 5.13 Å². The average molecular weight is 287 g/mol. The number of aryl methyl sites for hydroxylation is 1. The monoisotopic (exact) mass is 287 g/mol. The van der Waals surface area contributed by atoms with Crippen molar-refractivity contribution in [1.29, 1.82) is 0 Å². The van der Waals surface area contributed by atoms with Crippen LogP contribution in [-0.4, -0.2) is 33.6 Å². The van der Waals surface area contributed by atoms with Crippen molar-refractivity contribution in [2.24, 2.45) is 0 Å². The molecule has 0 aliphatic carbocycles. The fourth-order valence-electron chi connectivity index (χ4n) is 1.28. The van der Waals surface area contributed by atoms with E-state index < -0.39 is 15.1 Å². The number of aromatic nitrogens is 4. The van der Waals surface area contributed by atoms with Crippen molar-refractivity contribution in [2.75, 3.05) is 5.73 Å².